The van der Waals surface area contributed by atoms with Crippen molar-refractivity contribution < 1.29 is 122 Å². The summed E-state index contributed by atoms with van der Waals surface area (Å²) >= 11 is 0. The van der Waals surface area contributed by atoms with Crippen LogP contribution in [0.5, 0.6) is 0 Å². The largest absolute Gasteiger partial charge is 0.457 e. The second-order valence-electron chi connectivity index (χ2n) is 24.5. The maximum atomic E-state index is 13.9. The van der Waals surface area contributed by atoms with E-state index < -0.39 is 178 Å². The van der Waals surface area contributed by atoms with Crippen LogP contribution in [0, 0.1) is 0 Å². The highest BCUT2D eigenvalue weighted by atomic mass is 16.8. The standard InChI is InChI=1S/C61H106O25/c1-8-11-13-14-15-16-19-22-26-30-40(64)81-54-48(72)52(84-61-56(47(71)50(34(5)75-61)80-39(63)10-3)85-57-46(70)44(68)43(67)38(32-62)79-57)35(6)76-59(54)83-51-36(7)77-60-55(49(51)73)82-41(65)31-27-23-20-17-18-21-25-29-37(28-24-12-9-2)78-58-53(86-60)45(69)42(66)33(4)74-58/h33-38,42-62,66-73H,8-32H2,1-7H3/t33-,34+,35+,36+,37+,38-,42-,43+,44+,45+,46-,47-,48-,49-,50+,51+,52+,53-,54-,55-,56-,57+,58+,59+,60+,61+/m1/s1. The first kappa shape index (κ1) is 72.7. The van der Waals surface area contributed by atoms with E-state index in [0.29, 0.717) is 12.8 Å². The summed E-state index contributed by atoms with van der Waals surface area (Å²) in [4.78, 5) is 40.3. The van der Waals surface area contributed by atoms with Crippen molar-refractivity contribution in [2.75, 3.05) is 6.61 Å². The molecule has 25 nitrogen and oxygen atoms in total. The lowest BCUT2D eigenvalue weighted by Gasteiger charge is -2.50. The normalized spacial score (nSPS) is 41.6. The molecule has 6 rings (SSSR count). The molecule has 9 N–H and O–H groups in total. The summed E-state index contributed by atoms with van der Waals surface area (Å²) in [6.07, 6.45) is -20.3. The summed E-state index contributed by atoms with van der Waals surface area (Å²) in [5, 5.41) is 102. The van der Waals surface area contributed by atoms with E-state index in [1.165, 1.54) is 34.1 Å². The fourth-order valence-electron chi connectivity index (χ4n) is 12.2. The number of rotatable bonds is 24. The second-order valence-corrected chi connectivity index (χ2v) is 24.5. The van der Waals surface area contributed by atoms with Gasteiger partial charge in [0.15, 0.2) is 49.8 Å². The minimum atomic E-state index is -1.95. The van der Waals surface area contributed by atoms with Crippen molar-refractivity contribution in [2.24, 2.45) is 0 Å². The topological polar surface area (TPSA) is 353 Å². The highest BCUT2D eigenvalue weighted by Crippen LogP contribution is 2.39. The summed E-state index contributed by atoms with van der Waals surface area (Å²) in [7, 11) is 0. The zero-order valence-corrected chi connectivity index (χ0v) is 51.7. The molecule has 0 saturated carbocycles. The number of ether oxygens (including phenoxy) is 13. The molecule has 6 saturated heterocycles. The summed E-state index contributed by atoms with van der Waals surface area (Å²) < 4.78 is 80.7. The van der Waals surface area contributed by atoms with Crippen LogP contribution < -0.4 is 0 Å². The smallest absolute Gasteiger partial charge is 0.306 e. The monoisotopic (exact) mass is 1240 g/mol. The van der Waals surface area contributed by atoms with Crippen molar-refractivity contribution in [3.8, 4) is 0 Å². The van der Waals surface area contributed by atoms with Crippen LogP contribution in [0.3, 0.4) is 0 Å². The third-order valence-corrected chi connectivity index (χ3v) is 17.5. The van der Waals surface area contributed by atoms with Crippen LogP contribution in [-0.2, 0) is 76.0 Å². The van der Waals surface area contributed by atoms with Gasteiger partial charge in [-0.2, -0.15) is 0 Å². The van der Waals surface area contributed by atoms with Crippen molar-refractivity contribution in [1.29, 1.82) is 0 Å². The van der Waals surface area contributed by atoms with Gasteiger partial charge in [-0.25, -0.2) is 0 Å². The Morgan fingerprint density at radius 3 is 1.63 bits per heavy atom. The number of carbonyl (C=O) groups is 3. The molecule has 0 aromatic heterocycles. The molecule has 6 heterocycles. The van der Waals surface area contributed by atoms with E-state index in [-0.39, 0.29) is 25.4 Å². The third kappa shape index (κ3) is 20.3. The molecule has 0 aliphatic carbocycles. The number of aliphatic hydroxyl groups excluding tert-OH is 9. The quantitative estimate of drug-likeness (QED) is 0.0378. The molecule has 0 aromatic rings. The van der Waals surface area contributed by atoms with Gasteiger partial charge < -0.3 is 108 Å². The minimum Gasteiger partial charge on any atom is -0.457 e. The third-order valence-electron chi connectivity index (χ3n) is 17.5. The van der Waals surface area contributed by atoms with Crippen LogP contribution in [0.4, 0.5) is 0 Å². The Morgan fingerprint density at radius 2 is 0.977 bits per heavy atom. The fraction of sp³-hybridized carbons (Fsp3) is 0.951. The molecule has 25 heteroatoms. The molecule has 6 aliphatic heterocycles. The first-order valence-electron chi connectivity index (χ1n) is 32.4. The van der Waals surface area contributed by atoms with Crippen LogP contribution >= 0.6 is 0 Å². The van der Waals surface area contributed by atoms with Gasteiger partial charge in [-0.05, 0) is 53.4 Å². The van der Waals surface area contributed by atoms with Crippen molar-refractivity contribution in [3.63, 3.8) is 0 Å². The van der Waals surface area contributed by atoms with Crippen LogP contribution in [-0.4, -0.2) is 230 Å². The van der Waals surface area contributed by atoms with Crippen molar-refractivity contribution in [3.05, 3.63) is 0 Å². The van der Waals surface area contributed by atoms with Gasteiger partial charge in [-0.15, -0.1) is 0 Å². The van der Waals surface area contributed by atoms with E-state index in [0.717, 1.165) is 116 Å². The molecule has 0 bridgehead atoms. The average Bonchev–Trinajstić information content (AvgIpc) is 1.22. The molecule has 0 unspecified atom stereocenters. The lowest BCUT2D eigenvalue weighted by Crippen LogP contribution is -2.67. The Balaban J connectivity index is 1.28. The zero-order valence-electron chi connectivity index (χ0n) is 51.7. The molecule has 6 fully saturated rings. The summed E-state index contributed by atoms with van der Waals surface area (Å²) in [5.74, 6) is -2.14. The van der Waals surface area contributed by atoms with Gasteiger partial charge in [0.2, 0.25) is 0 Å². The van der Waals surface area contributed by atoms with Crippen molar-refractivity contribution in [2.45, 2.75) is 362 Å². The van der Waals surface area contributed by atoms with Gasteiger partial charge in [-0.1, -0.05) is 130 Å². The first-order chi connectivity index (χ1) is 41.2. The van der Waals surface area contributed by atoms with E-state index in [9.17, 15) is 60.3 Å². The maximum absolute atomic E-state index is 13.9. The number of carbonyl (C=O) groups excluding carboxylic acids is 3. The van der Waals surface area contributed by atoms with Crippen LogP contribution in [0.1, 0.15) is 203 Å². The average molecular weight is 1240 g/mol. The zero-order chi connectivity index (χ0) is 62.6. The molecule has 0 spiro atoms. The lowest BCUT2D eigenvalue weighted by molar-refractivity contribution is -0.395. The number of unbranched alkanes of at least 4 members (excludes halogenated alkanes) is 10. The fourth-order valence-corrected chi connectivity index (χ4v) is 12.2. The van der Waals surface area contributed by atoms with E-state index in [2.05, 4.69) is 13.8 Å². The number of esters is 3. The molecule has 6 aliphatic rings. The van der Waals surface area contributed by atoms with Gasteiger partial charge >= 0.3 is 17.9 Å². The Hall–Kier alpha value is -2.35. The molecular formula is C61H106O25. The Morgan fingerprint density at radius 1 is 0.453 bits per heavy atom. The predicted molar refractivity (Wildman–Crippen MR) is 303 cm³/mol. The maximum Gasteiger partial charge on any atom is 0.306 e. The van der Waals surface area contributed by atoms with Gasteiger partial charge in [0.05, 0.1) is 37.1 Å². The predicted octanol–water partition coefficient (Wildman–Crippen LogP) is 3.67. The summed E-state index contributed by atoms with van der Waals surface area (Å²) in [6, 6.07) is 0. The Kier molecular flexibility index (Phi) is 31.0. The Labute approximate surface area is 507 Å². The molecular weight excluding hydrogens is 1130 g/mol. The van der Waals surface area contributed by atoms with Crippen LogP contribution in [0.15, 0.2) is 0 Å². The molecule has 0 amide bonds. The minimum absolute atomic E-state index is 0.0130. The van der Waals surface area contributed by atoms with E-state index >= 15 is 0 Å². The molecule has 0 radical (unpaired) electrons. The summed E-state index contributed by atoms with van der Waals surface area (Å²) in [6.45, 7) is 11.1. The van der Waals surface area contributed by atoms with Gasteiger partial charge in [0.1, 0.15) is 79.4 Å². The molecule has 500 valence electrons. The van der Waals surface area contributed by atoms with Gasteiger partial charge in [0.25, 0.3) is 0 Å². The number of hydrogen-bond acceptors (Lipinski definition) is 25. The first-order valence-corrected chi connectivity index (χ1v) is 32.4. The lowest BCUT2D eigenvalue weighted by atomic mass is 9.95. The highest BCUT2D eigenvalue weighted by Gasteiger charge is 2.58. The summed E-state index contributed by atoms with van der Waals surface area (Å²) in [5.41, 5.74) is 0. The van der Waals surface area contributed by atoms with Crippen molar-refractivity contribution in [1.82, 2.24) is 0 Å². The van der Waals surface area contributed by atoms with Gasteiger partial charge in [-0.3, -0.25) is 14.4 Å². The van der Waals surface area contributed by atoms with Gasteiger partial charge in [0, 0.05) is 19.3 Å². The molecule has 86 heavy (non-hydrogen) atoms. The molecule has 0 aromatic carbocycles. The second kappa shape index (κ2) is 36.6. The Bertz CT molecular complexity index is 1950. The van der Waals surface area contributed by atoms with Crippen LogP contribution in [0.2, 0.25) is 0 Å². The SMILES string of the molecule is CCCCCCCCCCCC(=O)O[C@H]1[C@H](O[C@@H]2[C@@H](O)[C@H]3OC(=O)CCCCCCCCC[C@H](CCCCC)O[C@@H]4O[C@H](C)[C@@H](O)[C@H](O)[C@H]4O[C@@H]3O[C@H]2C)O[C@@H](C)[C@H](O[C@@H]2O[C@@H](C)[C@H](OC(=O)CC)[C@@H](O)[C@H]2O[C@@H]2O[C@H](CO)[C@H](O)[C@H](O)[C@H]2O)[C@H]1O. The van der Waals surface area contributed by atoms with E-state index in [4.69, 9.17) is 61.6 Å². The molecule has 26 atom stereocenters. The van der Waals surface area contributed by atoms with E-state index in [1.54, 1.807) is 6.92 Å². The number of hydrogen-bond donors (Lipinski definition) is 9. The van der Waals surface area contributed by atoms with E-state index in [1.807, 2.05) is 0 Å². The number of aliphatic hydroxyl groups is 9. The number of fused-ring (bicyclic) bond motifs is 2. The van der Waals surface area contributed by atoms with Crippen molar-refractivity contribution >= 4 is 17.9 Å². The van der Waals surface area contributed by atoms with Crippen LogP contribution in [0.25, 0.3) is 0 Å². The highest BCUT2D eigenvalue weighted by molar-refractivity contribution is 5.70.